The molecule has 7 heteroatoms. The van der Waals surface area contributed by atoms with E-state index in [1.165, 1.54) is 0 Å². The lowest BCUT2D eigenvalue weighted by atomic mass is 10.1. The summed E-state index contributed by atoms with van der Waals surface area (Å²) in [7, 11) is 1.96. The molecule has 1 fully saturated rings. The largest absolute Gasteiger partial charge is 0.341 e. The van der Waals surface area contributed by atoms with Crippen molar-refractivity contribution in [2.45, 2.75) is 25.3 Å². The normalized spacial score (nSPS) is 17.7. The molecule has 0 aliphatic carbocycles. The third-order valence-corrected chi connectivity index (χ3v) is 3.93. The van der Waals surface area contributed by atoms with Crippen molar-refractivity contribution in [1.29, 1.82) is 0 Å². The Kier molecular flexibility index (Phi) is 7.13. The highest BCUT2D eigenvalue weighted by Crippen LogP contribution is 2.12. The standard InChI is InChI=1S/C15H20N4O.2ClH/c1-16-12-5-4-8-19(10-12)15(20)9-13-11-18-7-3-2-6-14(18)17-13;;/h2-3,6-7,11-12,16H,4-5,8-10H2,1H3;2*1H. The Bertz CT molecular complexity index is 583. The van der Waals surface area contributed by atoms with Crippen LogP contribution < -0.4 is 5.32 Å². The molecule has 1 saturated heterocycles. The fraction of sp³-hybridized carbons (Fsp3) is 0.467. The molecular formula is C15H22Cl2N4O. The highest BCUT2D eigenvalue weighted by atomic mass is 35.5. The van der Waals surface area contributed by atoms with Crippen molar-refractivity contribution in [2.75, 3.05) is 20.1 Å². The molecule has 3 heterocycles. The number of amides is 1. The van der Waals surface area contributed by atoms with Crippen molar-refractivity contribution in [3.63, 3.8) is 0 Å². The second-order valence-electron chi connectivity index (χ2n) is 5.34. The molecule has 1 amide bonds. The van der Waals surface area contributed by atoms with E-state index >= 15 is 0 Å². The van der Waals surface area contributed by atoms with Gasteiger partial charge in [-0.3, -0.25) is 4.79 Å². The number of nitrogens with zero attached hydrogens (tertiary/aromatic N) is 3. The molecule has 1 N–H and O–H groups in total. The minimum absolute atomic E-state index is 0. The van der Waals surface area contributed by atoms with Gasteiger partial charge in [0.2, 0.25) is 5.91 Å². The predicted molar refractivity (Wildman–Crippen MR) is 92.1 cm³/mol. The van der Waals surface area contributed by atoms with E-state index in [4.69, 9.17) is 0 Å². The van der Waals surface area contributed by atoms with Gasteiger partial charge in [-0.15, -0.1) is 24.8 Å². The quantitative estimate of drug-likeness (QED) is 0.925. The average molecular weight is 345 g/mol. The number of piperidine rings is 1. The van der Waals surface area contributed by atoms with Crippen LogP contribution in [0.5, 0.6) is 0 Å². The highest BCUT2D eigenvalue weighted by molar-refractivity contribution is 5.85. The summed E-state index contributed by atoms with van der Waals surface area (Å²) in [5.41, 5.74) is 1.73. The van der Waals surface area contributed by atoms with E-state index in [1.807, 2.05) is 46.9 Å². The molecule has 1 aliphatic heterocycles. The number of carbonyl (C=O) groups excluding carboxylic acids is 1. The molecule has 22 heavy (non-hydrogen) atoms. The number of carbonyl (C=O) groups is 1. The van der Waals surface area contributed by atoms with Gasteiger partial charge in [-0.25, -0.2) is 4.98 Å². The number of likely N-dealkylation sites (N-methyl/N-ethyl adjacent to an activating group) is 1. The van der Waals surface area contributed by atoms with Crippen molar-refractivity contribution in [3.8, 4) is 0 Å². The van der Waals surface area contributed by atoms with E-state index in [-0.39, 0.29) is 30.7 Å². The minimum atomic E-state index is 0. The fourth-order valence-corrected chi connectivity index (χ4v) is 2.78. The minimum Gasteiger partial charge on any atom is -0.341 e. The molecule has 1 unspecified atom stereocenters. The molecule has 0 radical (unpaired) electrons. The van der Waals surface area contributed by atoms with Gasteiger partial charge in [-0.1, -0.05) is 6.07 Å². The van der Waals surface area contributed by atoms with Crippen LogP contribution in [0.4, 0.5) is 0 Å². The zero-order chi connectivity index (χ0) is 13.9. The summed E-state index contributed by atoms with van der Waals surface area (Å²) in [5, 5.41) is 3.26. The molecule has 122 valence electrons. The van der Waals surface area contributed by atoms with Crippen LogP contribution in [0, 0.1) is 0 Å². The molecule has 3 rings (SSSR count). The lowest BCUT2D eigenvalue weighted by molar-refractivity contribution is -0.131. The van der Waals surface area contributed by atoms with Crippen molar-refractivity contribution < 1.29 is 4.79 Å². The number of likely N-dealkylation sites (tertiary alicyclic amines) is 1. The summed E-state index contributed by atoms with van der Waals surface area (Å²) >= 11 is 0. The van der Waals surface area contributed by atoms with Gasteiger partial charge in [0.1, 0.15) is 5.65 Å². The van der Waals surface area contributed by atoms with Gasteiger partial charge in [0.25, 0.3) is 0 Å². The van der Waals surface area contributed by atoms with Crippen LogP contribution in [0.1, 0.15) is 18.5 Å². The first-order valence-electron chi connectivity index (χ1n) is 7.14. The predicted octanol–water partition coefficient (Wildman–Crippen LogP) is 1.93. The van der Waals surface area contributed by atoms with E-state index in [0.29, 0.717) is 12.5 Å². The number of hydrogen-bond acceptors (Lipinski definition) is 3. The number of imidazole rings is 1. The van der Waals surface area contributed by atoms with E-state index in [9.17, 15) is 4.79 Å². The Morgan fingerprint density at radius 1 is 1.41 bits per heavy atom. The highest BCUT2D eigenvalue weighted by Gasteiger charge is 2.23. The SMILES string of the molecule is CNC1CCCN(C(=O)Cc2cn3ccccc3n2)C1.Cl.Cl. The number of aromatic nitrogens is 2. The first-order chi connectivity index (χ1) is 9.76. The lowest BCUT2D eigenvalue weighted by Gasteiger charge is -2.32. The number of pyridine rings is 1. The lowest BCUT2D eigenvalue weighted by Crippen LogP contribution is -2.47. The van der Waals surface area contributed by atoms with Gasteiger partial charge in [0.05, 0.1) is 12.1 Å². The molecule has 1 atom stereocenters. The molecule has 2 aromatic rings. The van der Waals surface area contributed by atoms with Crippen molar-refractivity contribution in [3.05, 3.63) is 36.3 Å². The molecular weight excluding hydrogens is 323 g/mol. The Balaban J connectivity index is 0.00000121. The van der Waals surface area contributed by atoms with Crippen molar-refractivity contribution in [1.82, 2.24) is 19.6 Å². The van der Waals surface area contributed by atoms with E-state index < -0.39 is 0 Å². The zero-order valence-corrected chi connectivity index (χ0v) is 14.2. The van der Waals surface area contributed by atoms with E-state index in [1.54, 1.807) is 0 Å². The molecule has 0 saturated carbocycles. The van der Waals surface area contributed by atoms with Gasteiger partial charge >= 0.3 is 0 Å². The molecule has 0 aromatic carbocycles. The summed E-state index contributed by atoms with van der Waals surface area (Å²) in [6.45, 7) is 1.67. The van der Waals surface area contributed by atoms with Gasteiger partial charge in [-0.05, 0) is 32.0 Å². The van der Waals surface area contributed by atoms with Crippen LogP contribution in [0.25, 0.3) is 5.65 Å². The van der Waals surface area contributed by atoms with Crippen LogP contribution in [0.15, 0.2) is 30.6 Å². The third kappa shape index (κ3) is 4.12. The smallest absolute Gasteiger partial charge is 0.228 e. The summed E-state index contributed by atoms with van der Waals surface area (Å²) in [5.74, 6) is 0.174. The van der Waals surface area contributed by atoms with Crippen molar-refractivity contribution >= 4 is 36.4 Å². The molecule has 2 aromatic heterocycles. The maximum atomic E-state index is 12.4. The first kappa shape index (κ1) is 18.7. The second kappa shape index (κ2) is 8.36. The Labute approximate surface area is 142 Å². The molecule has 0 spiro atoms. The maximum absolute atomic E-state index is 12.4. The zero-order valence-electron chi connectivity index (χ0n) is 12.6. The van der Waals surface area contributed by atoms with Gasteiger partial charge in [0.15, 0.2) is 0 Å². The number of halogens is 2. The number of rotatable bonds is 3. The number of hydrogen-bond donors (Lipinski definition) is 1. The third-order valence-electron chi connectivity index (χ3n) is 3.93. The average Bonchev–Trinajstić information content (AvgIpc) is 2.89. The van der Waals surface area contributed by atoms with Gasteiger partial charge in [0, 0.05) is 31.5 Å². The summed E-state index contributed by atoms with van der Waals surface area (Å²) < 4.78 is 1.95. The van der Waals surface area contributed by atoms with Crippen LogP contribution in [0.3, 0.4) is 0 Å². The van der Waals surface area contributed by atoms with Gasteiger partial charge < -0.3 is 14.6 Å². The van der Waals surface area contributed by atoms with E-state index in [2.05, 4.69) is 10.3 Å². The summed E-state index contributed by atoms with van der Waals surface area (Å²) in [6.07, 6.45) is 6.50. The first-order valence-corrected chi connectivity index (χ1v) is 7.14. The van der Waals surface area contributed by atoms with E-state index in [0.717, 1.165) is 37.3 Å². The van der Waals surface area contributed by atoms with Crippen LogP contribution >= 0.6 is 24.8 Å². The second-order valence-corrected chi connectivity index (χ2v) is 5.34. The fourth-order valence-electron chi connectivity index (χ4n) is 2.78. The van der Waals surface area contributed by atoms with Crippen LogP contribution in [-0.2, 0) is 11.2 Å². The van der Waals surface area contributed by atoms with Crippen molar-refractivity contribution in [2.24, 2.45) is 0 Å². The number of fused-ring (bicyclic) bond motifs is 1. The topological polar surface area (TPSA) is 49.6 Å². The molecule has 0 bridgehead atoms. The Morgan fingerprint density at radius 2 is 2.23 bits per heavy atom. The monoisotopic (exact) mass is 344 g/mol. The Hall–Kier alpha value is -1.30. The summed E-state index contributed by atoms with van der Waals surface area (Å²) in [6, 6.07) is 6.29. The maximum Gasteiger partial charge on any atom is 0.228 e. The Morgan fingerprint density at radius 3 is 2.95 bits per heavy atom. The van der Waals surface area contributed by atoms with Crippen LogP contribution in [-0.4, -0.2) is 46.4 Å². The van der Waals surface area contributed by atoms with Gasteiger partial charge in [-0.2, -0.15) is 0 Å². The molecule has 1 aliphatic rings. The van der Waals surface area contributed by atoms with Crippen LogP contribution in [0.2, 0.25) is 0 Å². The summed E-state index contributed by atoms with van der Waals surface area (Å²) in [4.78, 5) is 18.8. The molecule has 5 nitrogen and oxygen atoms in total. The number of nitrogens with one attached hydrogen (secondary N) is 1.